The molecule has 0 amide bonds. The minimum atomic E-state index is -0.512. The highest BCUT2D eigenvalue weighted by Gasteiger charge is 2.16. The molecule has 0 aliphatic carbocycles. The predicted molar refractivity (Wildman–Crippen MR) is 106 cm³/mol. The first-order valence-electron chi connectivity index (χ1n) is 8.85. The molecule has 5 heteroatoms. The molecule has 3 aromatic rings. The average Bonchev–Trinajstić information content (AvgIpc) is 2.75. The molecule has 0 unspecified atom stereocenters. The van der Waals surface area contributed by atoms with Crippen molar-refractivity contribution >= 4 is 11.9 Å². The average molecular weight is 376 g/mol. The number of esters is 2. The summed E-state index contributed by atoms with van der Waals surface area (Å²) < 4.78 is 15.7. The van der Waals surface area contributed by atoms with E-state index in [9.17, 15) is 9.59 Å². The van der Waals surface area contributed by atoms with Crippen LogP contribution in [0, 0.1) is 0 Å². The van der Waals surface area contributed by atoms with Crippen molar-refractivity contribution in [2.75, 3.05) is 13.7 Å². The van der Waals surface area contributed by atoms with Crippen molar-refractivity contribution in [3.63, 3.8) is 0 Å². The molecule has 0 spiro atoms. The molecule has 0 N–H and O–H groups in total. The van der Waals surface area contributed by atoms with Gasteiger partial charge in [0.25, 0.3) is 0 Å². The standard InChI is InChI=1S/C23H20O5/c1-3-27-22(24)19-13-14-20(21(15-19)26-2)28-23(25)18-11-9-17(10-12-18)16-7-5-4-6-8-16/h4-15H,3H2,1-2H3. The summed E-state index contributed by atoms with van der Waals surface area (Å²) in [6, 6.07) is 21.6. The fraction of sp³-hybridized carbons (Fsp3) is 0.130. The van der Waals surface area contributed by atoms with E-state index in [0.29, 0.717) is 11.1 Å². The third-order valence-electron chi connectivity index (χ3n) is 4.11. The van der Waals surface area contributed by atoms with E-state index in [1.807, 2.05) is 42.5 Å². The number of ether oxygens (including phenoxy) is 3. The normalized spacial score (nSPS) is 10.2. The molecule has 28 heavy (non-hydrogen) atoms. The van der Waals surface area contributed by atoms with Crippen LogP contribution in [0.2, 0.25) is 0 Å². The van der Waals surface area contributed by atoms with Gasteiger partial charge in [-0.05, 0) is 48.4 Å². The molecule has 0 heterocycles. The maximum atomic E-state index is 12.5. The van der Waals surface area contributed by atoms with Gasteiger partial charge < -0.3 is 14.2 Å². The molecule has 0 aliphatic rings. The highest BCUT2D eigenvalue weighted by Crippen LogP contribution is 2.29. The zero-order valence-electron chi connectivity index (χ0n) is 15.7. The molecule has 0 bridgehead atoms. The zero-order valence-corrected chi connectivity index (χ0v) is 15.7. The van der Waals surface area contributed by atoms with Crippen LogP contribution >= 0.6 is 0 Å². The number of rotatable bonds is 6. The van der Waals surface area contributed by atoms with Crippen molar-refractivity contribution in [1.29, 1.82) is 0 Å². The number of benzene rings is 3. The fourth-order valence-corrected chi connectivity index (χ4v) is 2.68. The Morgan fingerprint density at radius 2 is 1.39 bits per heavy atom. The van der Waals surface area contributed by atoms with Gasteiger partial charge in [-0.15, -0.1) is 0 Å². The van der Waals surface area contributed by atoms with Crippen molar-refractivity contribution in [3.8, 4) is 22.6 Å². The van der Waals surface area contributed by atoms with E-state index in [1.165, 1.54) is 25.3 Å². The summed E-state index contributed by atoms with van der Waals surface area (Å²) in [6.07, 6.45) is 0. The summed E-state index contributed by atoms with van der Waals surface area (Å²) in [5.74, 6) is -0.468. The largest absolute Gasteiger partial charge is 0.493 e. The Bertz CT molecular complexity index is 962. The van der Waals surface area contributed by atoms with Crippen LogP contribution in [0.3, 0.4) is 0 Å². The molecule has 142 valence electrons. The van der Waals surface area contributed by atoms with E-state index in [1.54, 1.807) is 19.1 Å². The van der Waals surface area contributed by atoms with Crippen molar-refractivity contribution in [2.24, 2.45) is 0 Å². The van der Waals surface area contributed by atoms with Crippen LogP contribution in [-0.4, -0.2) is 25.7 Å². The summed E-state index contributed by atoms with van der Waals surface area (Å²) in [4.78, 5) is 24.3. The van der Waals surface area contributed by atoms with Gasteiger partial charge in [-0.25, -0.2) is 9.59 Å². The predicted octanol–water partition coefficient (Wildman–Crippen LogP) is 4.76. The van der Waals surface area contributed by atoms with Crippen molar-refractivity contribution in [1.82, 2.24) is 0 Å². The Balaban J connectivity index is 1.76. The van der Waals surface area contributed by atoms with E-state index in [4.69, 9.17) is 14.2 Å². The molecule has 0 saturated carbocycles. The molecule has 3 aromatic carbocycles. The van der Waals surface area contributed by atoms with Crippen LogP contribution in [0.1, 0.15) is 27.6 Å². The molecular formula is C23H20O5. The molecule has 3 rings (SSSR count). The third-order valence-corrected chi connectivity index (χ3v) is 4.11. The third kappa shape index (κ3) is 4.38. The van der Waals surface area contributed by atoms with Gasteiger partial charge in [-0.1, -0.05) is 42.5 Å². The van der Waals surface area contributed by atoms with Crippen molar-refractivity contribution < 1.29 is 23.8 Å². The number of methoxy groups -OCH3 is 1. The van der Waals surface area contributed by atoms with Crippen LogP contribution < -0.4 is 9.47 Å². The highest BCUT2D eigenvalue weighted by molar-refractivity contribution is 5.93. The minimum Gasteiger partial charge on any atom is -0.493 e. The summed E-state index contributed by atoms with van der Waals surface area (Å²) in [5.41, 5.74) is 2.81. The van der Waals surface area contributed by atoms with Gasteiger partial charge in [-0.2, -0.15) is 0 Å². The van der Waals surface area contributed by atoms with E-state index in [0.717, 1.165) is 11.1 Å². The van der Waals surface area contributed by atoms with Crippen molar-refractivity contribution in [2.45, 2.75) is 6.92 Å². The molecule has 0 saturated heterocycles. The monoisotopic (exact) mass is 376 g/mol. The van der Waals surface area contributed by atoms with E-state index in [-0.39, 0.29) is 18.1 Å². The van der Waals surface area contributed by atoms with Gasteiger partial charge >= 0.3 is 11.9 Å². The summed E-state index contributed by atoms with van der Waals surface area (Å²) in [5, 5.41) is 0. The lowest BCUT2D eigenvalue weighted by Crippen LogP contribution is -2.10. The summed E-state index contributed by atoms with van der Waals surface area (Å²) >= 11 is 0. The smallest absolute Gasteiger partial charge is 0.343 e. The Morgan fingerprint density at radius 1 is 0.750 bits per heavy atom. The minimum absolute atomic E-state index is 0.229. The molecule has 0 fully saturated rings. The maximum Gasteiger partial charge on any atom is 0.343 e. The lowest BCUT2D eigenvalue weighted by Gasteiger charge is -2.11. The quantitative estimate of drug-likeness (QED) is 0.459. The molecule has 5 nitrogen and oxygen atoms in total. The molecule has 0 aromatic heterocycles. The van der Waals surface area contributed by atoms with Gasteiger partial charge in [0.1, 0.15) is 0 Å². The molecule has 0 radical (unpaired) electrons. The Morgan fingerprint density at radius 3 is 2.04 bits per heavy atom. The number of carbonyl (C=O) groups excluding carboxylic acids is 2. The Kier molecular flexibility index (Phi) is 6.07. The van der Waals surface area contributed by atoms with Crippen LogP contribution in [-0.2, 0) is 4.74 Å². The number of carbonyl (C=O) groups is 2. The Labute approximate surface area is 163 Å². The van der Waals surface area contributed by atoms with Crippen LogP contribution in [0.15, 0.2) is 72.8 Å². The van der Waals surface area contributed by atoms with E-state index >= 15 is 0 Å². The van der Waals surface area contributed by atoms with Gasteiger partial charge in [0.05, 0.1) is 24.8 Å². The van der Waals surface area contributed by atoms with Gasteiger partial charge in [0.15, 0.2) is 11.5 Å². The van der Waals surface area contributed by atoms with Crippen LogP contribution in [0.25, 0.3) is 11.1 Å². The Hall–Kier alpha value is -3.60. The van der Waals surface area contributed by atoms with E-state index in [2.05, 4.69) is 0 Å². The molecular weight excluding hydrogens is 356 g/mol. The number of hydrogen-bond donors (Lipinski definition) is 0. The lowest BCUT2D eigenvalue weighted by atomic mass is 10.0. The fourth-order valence-electron chi connectivity index (χ4n) is 2.68. The second kappa shape index (κ2) is 8.86. The highest BCUT2D eigenvalue weighted by atomic mass is 16.6. The first-order valence-corrected chi connectivity index (χ1v) is 8.85. The lowest BCUT2D eigenvalue weighted by molar-refractivity contribution is 0.0526. The van der Waals surface area contributed by atoms with Crippen LogP contribution in [0.4, 0.5) is 0 Å². The first-order chi connectivity index (χ1) is 13.6. The maximum absolute atomic E-state index is 12.5. The van der Waals surface area contributed by atoms with Crippen molar-refractivity contribution in [3.05, 3.63) is 83.9 Å². The summed E-state index contributed by atoms with van der Waals surface area (Å²) in [6.45, 7) is 2.01. The van der Waals surface area contributed by atoms with Gasteiger partial charge in [0.2, 0.25) is 0 Å². The zero-order chi connectivity index (χ0) is 19.9. The number of hydrogen-bond acceptors (Lipinski definition) is 5. The second-order valence-corrected chi connectivity index (χ2v) is 5.92. The van der Waals surface area contributed by atoms with Gasteiger partial charge in [-0.3, -0.25) is 0 Å². The SMILES string of the molecule is CCOC(=O)c1ccc(OC(=O)c2ccc(-c3ccccc3)cc2)c(OC)c1. The van der Waals surface area contributed by atoms with Gasteiger partial charge in [0, 0.05) is 0 Å². The summed E-state index contributed by atoms with van der Waals surface area (Å²) in [7, 11) is 1.44. The van der Waals surface area contributed by atoms with Crippen LogP contribution in [0.5, 0.6) is 11.5 Å². The second-order valence-electron chi connectivity index (χ2n) is 5.92. The molecule has 0 aliphatic heterocycles. The first kappa shape index (κ1) is 19.2. The topological polar surface area (TPSA) is 61.8 Å². The molecule has 0 atom stereocenters. The van der Waals surface area contributed by atoms with E-state index < -0.39 is 11.9 Å².